The Hall–Kier alpha value is -1.81. The average molecular weight is 331 g/mol. The minimum absolute atomic E-state index is 0.0210. The molecular formula is C18H19ClN2O2. The highest BCUT2D eigenvalue weighted by Crippen LogP contribution is 2.49. The van der Waals surface area contributed by atoms with Gasteiger partial charge in [-0.05, 0) is 55.4 Å². The second-order valence-corrected chi connectivity index (χ2v) is 6.90. The minimum Gasteiger partial charge on any atom is -0.460 e. The van der Waals surface area contributed by atoms with Crippen molar-refractivity contribution < 1.29 is 9.53 Å². The van der Waals surface area contributed by atoms with Gasteiger partial charge in [0, 0.05) is 17.4 Å². The largest absolute Gasteiger partial charge is 0.460 e. The van der Waals surface area contributed by atoms with Gasteiger partial charge in [-0.25, -0.2) is 0 Å². The summed E-state index contributed by atoms with van der Waals surface area (Å²) in [5, 5.41) is 5.02. The van der Waals surface area contributed by atoms with E-state index in [2.05, 4.69) is 5.10 Å². The Bertz CT molecular complexity index is 701. The monoisotopic (exact) mass is 330 g/mol. The van der Waals surface area contributed by atoms with Crippen LogP contribution in [0.3, 0.4) is 0 Å². The Morgan fingerprint density at radius 3 is 3.00 bits per heavy atom. The Morgan fingerprint density at radius 1 is 1.30 bits per heavy atom. The number of rotatable bonds is 4. The lowest BCUT2D eigenvalue weighted by atomic mass is 10.1. The molecule has 5 heteroatoms. The first-order valence-corrected chi connectivity index (χ1v) is 8.55. The van der Waals surface area contributed by atoms with Gasteiger partial charge in [0.15, 0.2) is 0 Å². The van der Waals surface area contributed by atoms with Gasteiger partial charge < -0.3 is 4.74 Å². The van der Waals surface area contributed by atoms with E-state index in [0.29, 0.717) is 0 Å². The van der Waals surface area contributed by atoms with Crippen molar-refractivity contribution in [3.8, 4) is 0 Å². The molecule has 23 heavy (non-hydrogen) atoms. The first-order valence-electron chi connectivity index (χ1n) is 8.17. The molecule has 1 heterocycles. The maximum absolute atomic E-state index is 12.5. The number of carbonyl (C=O) groups is 1. The number of carbonyl (C=O) groups excluding carboxylic acids is 1. The fraction of sp³-hybridized carbons (Fsp3) is 0.444. The molecule has 4 rings (SSSR count). The summed E-state index contributed by atoms with van der Waals surface area (Å²) in [5.41, 5.74) is 1.13. The average Bonchev–Trinajstić information content (AvgIpc) is 2.93. The SMILES string of the molecule is O=C(O[C@@H]1CCC[C@H]1n1cccn1)C1CC1c1cccc(Cl)c1. The van der Waals surface area contributed by atoms with Gasteiger partial charge in [-0.15, -0.1) is 0 Å². The molecule has 0 radical (unpaired) electrons. The highest BCUT2D eigenvalue weighted by atomic mass is 35.5. The number of aromatic nitrogens is 2. The van der Waals surface area contributed by atoms with Crippen molar-refractivity contribution >= 4 is 17.6 Å². The molecule has 2 unspecified atom stereocenters. The van der Waals surface area contributed by atoms with Crippen molar-refractivity contribution in [3.63, 3.8) is 0 Å². The van der Waals surface area contributed by atoms with E-state index in [1.807, 2.05) is 41.2 Å². The van der Waals surface area contributed by atoms with E-state index in [4.69, 9.17) is 16.3 Å². The van der Waals surface area contributed by atoms with E-state index in [1.165, 1.54) is 0 Å². The molecule has 2 saturated carbocycles. The Morgan fingerprint density at radius 2 is 2.22 bits per heavy atom. The number of hydrogen-bond acceptors (Lipinski definition) is 3. The first kappa shape index (κ1) is 14.8. The smallest absolute Gasteiger partial charge is 0.309 e. The fourth-order valence-electron chi connectivity index (χ4n) is 3.62. The van der Waals surface area contributed by atoms with Crippen LogP contribution in [0.4, 0.5) is 0 Å². The van der Waals surface area contributed by atoms with Gasteiger partial charge >= 0.3 is 5.97 Å². The fourth-order valence-corrected chi connectivity index (χ4v) is 3.82. The van der Waals surface area contributed by atoms with Gasteiger partial charge in [-0.3, -0.25) is 9.48 Å². The molecule has 1 aromatic carbocycles. The van der Waals surface area contributed by atoms with Crippen LogP contribution in [0.5, 0.6) is 0 Å². The van der Waals surface area contributed by atoms with Crippen LogP contribution in [0, 0.1) is 5.92 Å². The summed E-state index contributed by atoms with van der Waals surface area (Å²) in [4.78, 5) is 12.5. The summed E-state index contributed by atoms with van der Waals surface area (Å²) in [7, 11) is 0. The molecule has 0 amide bonds. The maximum Gasteiger partial charge on any atom is 0.309 e. The van der Waals surface area contributed by atoms with E-state index in [1.54, 1.807) is 6.20 Å². The lowest BCUT2D eigenvalue weighted by molar-refractivity contribution is -0.152. The highest BCUT2D eigenvalue weighted by Gasteiger charge is 2.47. The summed E-state index contributed by atoms with van der Waals surface area (Å²) in [6.07, 6.45) is 7.54. The molecule has 0 spiro atoms. The van der Waals surface area contributed by atoms with Crippen molar-refractivity contribution in [3.05, 3.63) is 53.3 Å². The molecular weight excluding hydrogens is 312 g/mol. The van der Waals surface area contributed by atoms with Crippen molar-refractivity contribution in [2.24, 2.45) is 5.92 Å². The van der Waals surface area contributed by atoms with Crippen LogP contribution in [0.25, 0.3) is 0 Å². The number of esters is 1. The molecule has 2 fully saturated rings. The molecule has 2 aliphatic carbocycles. The molecule has 0 saturated heterocycles. The summed E-state index contributed by atoms with van der Waals surface area (Å²) in [6.45, 7) is 0. The molecule has 0 N–H and O–H groups in total. The number of hydrogen-bond donors (Lipinski definition) is 0. The molecule has 4 nitrogen and oxygen atoms in total. The molecule has 120 valence electrons. The number of ether oxygens (including phenoxy) is 1. The second-order valence-electron chi connectivity index (χ2n) is 6.46. The Labute approximate surface area is 140 Å². The minimum atomic E-state index is -0.0703. The van der Waals surface area contributed by atoms with Crippen molar-refractivity contribution in [1.29, 1.82) is 0 Å². The van der Waals surface area contributed by atoms with Crippen LogP contribution < -0.4 is 0 Å². The number of nitrogens with zero attached hydrogens (tertiary/aromatic N) is 2. The van der Waals surface area contributed by atoms with Gasteiger partial charge in [0.2, 0.25) is 0 Å². The Balaban J connectivity index is 1.39. The summed E-state index contributed by atoms with van der Waals surface area (Å²) >= 11 is 6.03. The second kappa shape index (κ2) is 6.00. The predicted molar refractivity (Wildman–Crippen MR) is 87.3 cm³/mol. The summed E-state index contributed by atoms with van der Waals surface area (Å²) < 4.78 is 7.74. The molecule has 0 aliphatic heterocycles. The van der Waals surface area contributed by atoms with Gasteiger partial charge in [-0.1, -0.05) is 23.7 Å². The van der Waals surface area contributed by atoms with Crippen LogP contribution in [-0.2, 0) is 9.53 Å². The lowest BCUT2D eigenvalue weighted by Crippen LogP contribution is -2.26. The zero-order valence-corrected chi connectivity index (χ0v) is 13.5. The summed E-state index contributed by atoms with van der Waals surface area (Å²) in [5.74, 6) is 0.164. The third-order valence-corrected chi connectivity index (χ3v) is 5.15. The first-order chi connectivity index (χ1) is 11.2. The summed E-state index contributed by atoms with van der Waals surface area (Å²) in [6, 6.07) is 9.86. The van der Waals surface area contributed by atoms with Crippen LogP contribution in [0.1, 0.15) is 43.2 Å². The number of halogens is 1. The van der Waals surface area contributed by atoms with Crippen LogP contribution in [0.2, 0.25) is 5.02 Å². The van der Waals surface area contributed by atoms with E-state index >= 15 is 0 Å². The molecule has 1 aromatic heterocycles. The normalized spacial score (nSPS) is 29.4. The zero-order valence-electron chi connectivity index (χ0n) is 12.8. The van der Waals surface area contributed by atoms with Gasteiger partial charge in [-0.2, -0.15) is 5.10 Å². The van der Waals surface area contributed by atoms with E-state index in [9.17, 15) is 4.79 Å². The topological polar surface area (TPSA) is 44.1 Å². The van der Waals surface area contributed by atoms with Crippen molar-refractivity contribution in [1.82, 2.24) is 9.78 Å². The van der Waals surface area contributed by atoms with Gasteiger partial charge in [0.25, 0.3) is 0 Å². The van der Waals surface area contributed by atoms with E-state index < -0.39 is 0 Å². The quantitative estimate of drug-likeness (QED) is 0.796. The standard InChI is InChI=1S/C18H19ClN2O2/c19-13-5-1-4-12(10-13)14-11-15(14)18(22)23-17-7-2-6-16(17)21-9-3-8-20-21/h1,3-5,8-10,14-17H,2,6-7,11H2/t14?,15?,16-,17-/m1/s1. The zero-order chi connectivity index (χ0) is 15.8. The van der Waals surface area contributed by atoms with E-state index in [0.717, 1.165) is 36.3 Å². The van der Waals surface area contributed by atoms with Crippen LogP contribution in [-0.4, -0.2) is 21.9 Å². The number of benzene rings is 1. The maximum atomic E-state index is 12.5. The lowest BCUT2D eigenvalue weighted by Gasteiger charge is -2.20. The third-order valence-electron chi connectivity index (χ3n) is 4.92. The van der Waals surface area contributed by atoms with Crippen molar-refractivity contribution in [2.75, 3.05) is 0 Å². The van der Waals surface area contributed by atoms with Gasteiger partial charge in [0.05, 0.1) is 12.0 Å². The molecule has 4 atom stereocenters. The third kappa shape index (κ3) is 3.00. The van der Waals surface area contributed by atoms with E-state index in [-0.39, 0.29) is 30.0 Å². The Kier molecular flexibility index (Phi) is 3.85. The molecule has 0 bridgehead atoms. The predicted octanol–water partition coefficient (Wildman–Crippen LogP) is 3.98. The molecule has 2 aliphatic rings. The highest BCUT2D eigenvalue weighted by molar-refractivity contribution is 6.30. The van der Waals surface area contributed by atoms with Crippen LogP contribution in [0.15, 0.2) is 42.7 Å². The van der Waals surface area contributed by atoms with Crippen molar-refractivity contribution in [2.45, 2.75) is 43.7 Å². The van der Waals surface area contributed by atoms with Crippen LogP contribution >= 0.6 is 11.6 Å². The van der Waals surface area contributed by atoms with Gasteiger partial charge in [0.1, 0.15) is 6.10 Å². The molecule has 2 aromatic rings.